The fourth-order valence-corrected chi connectivity index (χ4v) is 4.41. The van der Waals surface area contributed by atoms with Gasteiger partial charge in [0.15, 0.2) is 0 Å². The van der Waals surface area contributed by atoms with Gasteiger partial charge in [0.05, 0.1) is 6.61 Å². The molecular weight excluding hydrogens is 234 g/mol. The van der Waals surface area contributed by atoms with Crippen molar-refractivity contribution in [3.8, 4) is 5.75 Å². The standard InChI is InChI=1S/C17H25NO/c1-18-13-17(12-14-7-8-15(17)11-14)9-10-19-16-5-3-2-4-6-16/h2-6,14-15,18H,7-13H2,1H3. The van der Waals surface area contributed by atoms with Crippen molar-refractivity contribution in [1.29, 1.82) is 0 Å². The lowest BCUT2D eigenvalue weighted by Crippen LogP contribution is -2.38. The number of hydrogen-bond donors (Lipinski definition) is 1. The van der Waals surface area contributed by atoms with Crippen LogP contribution in [0, 0.1) is 17.3 Å². The van der Waals surface area contributed by atoms with Crippen molar-refractivity contribution < 1.29 is 4.74 Å². The highest BCUT2D eigenvalue weighted by atomic mass is 16.5. The largest absolute Gasteiger partial charge is 0.494 e. The normalized spacial score (nSPS) is 32.7. The Hall–Kier alpha value is -1.02. The molecule has 2 aliphatic carbocycles. The third-order valence-electron chi connectivity index (χ3n) is 5.24. The molecule has 0 aliphatic heterocycles. The Morgan fingerprint density at radius 3 is 2.74 bits per heavy atom. The Labute approximate surface area is 116 Å². The molecule has 2 saturated carbocycles. The summed E-state index contributed by atoms with van der Waals surface area (Å²) in [5.74, 6) is 2.93. The van der Waals surface area contributed by atoms with Crippen LogP contribution in [0.2, 0.25) is 0 Å². The van der Waals surface area contributed by atoms with Gasteiger partial charge in [0.25, 0.3) is 0 Å². The lowest BCUT2D eigenvalue weighted by Gasteiger charge is -2.37. The van der Waals surface area contributed by atoms with Crippen LogP contribution in [0.3, 0.4) is 0 Å². The minimum atomic E-state index is 0.506. The van der Waals surface area contributed by atoms with E-state index in [1.807, 2.05) is 30.3 Å². The summed E-state index contributed by atoms with van der Waals surface area (Å²) in [6.07, 6.45) is 6.99. The highest BCUT2D eigenvalue weighted by Gasteiger charge is 2.49. The van der Waals surface area contributed by atoms with Crippen molar-refractivity contribution in [2.45, 2.75) is 32.1 Å². The Morgan fingerprint density at radius 1 is 1.26 bits per heavy atom. The first-order valence-electron chi connectivity index (χ1n) is 7.65. The van der Waals surface area contributed by atoms with Gasteiger partial charge in [0, 0.05) is 6.54 Å². The second-order valence-electron chi connectivity index (χ2n) is 6.38. The highest BCUT2D eigenvalue weighted by Crippen LogP contribution is 2.57. The molecular formula is C17H25NO. The molecule has 0 saturated heterocycles. The van der Waals surface area contributed by atoms with E-state index in [1.165, 1.54) is 32.1 Å². The second kappa shape index (κ2) is 5.54. The first-order chi connectivity index (χ1) is 9.32. The van der Waals surface area contributed by atoms with E-state index < -0.39 is 0 Å². The molecule has 0 aromatic heterocycles. The zero-order valence-corrected chi connectivity index (χ0v) is 11.9. The maximum atomic E-state index is 5.92. The van der Waals surface area contributed by atoms with Gasteiger partial charge in [-0.15, -0.1) is 0 Å². The van der Waals surface area contributed by atoms with Crippen LogP contribution in [-0.2, 0) is 0 Å². The highest BCUT2D eigenvalue weighted by molar-refractivity contribution is 5.20. The molecule has 2 heteroatoms. The van der Waals surface area contributed by atoms with E-state index in [0.717, 1.165) is 30.7 Å². The smallest absolute Gasteiger partial charge is 0.119 e. The van der Waals surface area contributed by atoms with E-state index in [0.29, 0.717) is 5.41 Å². The van der Waals surface area contributed by atoms with Gasteiger partial charge < -0.3 is 10.1 Å². The van der Waals surface area contributed by atoms with Crippen LogP contribution >= 0.6 is 0 Å². The Balaban J connectivity index is 1.57. The van der Waals surface area contributed by atoms with Gasteiger partial charge in [-0.3, -0.25) is 0 Å². The molecule has 1 N–H and O–H groups in total. The SMILES string of the molecule is CNCC1(CCOc2ccccc2)CC2CCC1C2. The number of nitrogens with one attached hydrogen (secondary N) is 1. The molecule has 0 spiro atoms. The molecule has 1 aromatic carbocycles. The zero-order valence-electron chi connectivity index (χ0n) is 11.9. The van der Waals surface area contributed by atoms with Gasteiger partial charge in [-0.1, -0.05) is 24.6 Å². The van der Waals surface area contributed by atoms with Crippen LogP contribution in [0.1, 0.15) is 32.1 Å². The van der Waals surface area contributed by atoms with Crippen LogP contribution in [0.4, 0.5) is 0 Å². The van der Waals surface area contributed by atoms with Crippen LogP contribution in [0.5, 0.6) is 5.75 Å². The summed E-state index contributed by atoms with van der Waals surface area (Å²) in [4.78, 5) is 0. The summed E-state index contributed by atoms with van der Waals surface area (Å²) in [6, 6.07) is 10.2. The Kier molecular flexibility index (Phi) is 3.79. The molecule has 2 fully saturated rings. The monoisotopic (exact) mass is 259 g/mol. The topological polar surface area (TPSA) is 21.3 Å². The van der Waals surface area contributed by atoms with E-state index in [4.69, 9.17) is 4.74 Å². The Bertz CT molecular complexity index is 405. The Morgan fingerprint density at radius 2 is 2.11 bits per heavy atom. The molecule has 3 rings (SSSR count). The molecule has 0 amide bonds. The van der Waals surface area contributed by atoms with Crippen molar-refractivity contribution in [3.05, 3.63) is 30.3 Å². The van der Waals surface area contributed by atoms with Gasteiger partial charge in [-0.2, -0.15) is 0 Å². The molecule has 19 heavy (non-hydrogen) atoms. The fraction of sp³-hybridized carbons (Fsp3) is 0.647. The van der Waals surface area contributed by atoms with E-state index >= 15 is 0 Å². The van der Waals surface area contributed by atoms with Crippen molar-refractivity contribution >= 4 is 0 Å². The molecule has 3 unspecified atom stereocenters. The third-order valence-corrected chi connectivity index (χ3v) is 5.24. The predicted molar refractivity (Wildman–Crippen MR) is 78.4 cm³/mol. The van der Waals surface area contributed by atoms with Gasteiger partial charge in [-0.25, -0.2) is 0 Å². The average molecular weight is 259 g/mol. The van der Waals surface area contributed by atoms with E-state index in [9.17, 15) is 0 Å². The van der Waals surface area contributed by atoms with Crippen LogP contribution in [0.15, 0.2) is 30.3 Å². The van der Waals surface area contributed by atoms with Crippen molar-refractivity contribution in [1.82, 2.24) is 5.32 Å². The molecule has 1 aromatic rings. The summed E-state index contributed by atoms with van der Waals surface area (Å²) < 4.78 is 5.92. The van der Waals surface area contributed by atoms with Gasteiger partial charge in [-0.05, 0) is 62.1 Å². The van der Waals surface area contributed by atoms with Crippen molar-refractivity contribution in [3.63, 3.8) is 0 Å². The van der Waals surface area contributed by atoms with Crippen LogP contribution in [-0.4, -0.2) is 20.2 Å². The minimum absolute atomic E-state index is 0.506. The quantitative estimate of drug-likeness (QED) is 0.844. The van der Waals surface area contributed by atoms with Gasteiger partial charge in [0.1, 0.15) is 5.75 Å². The fourth-order valence-electron chi connectivity index (χ4n) is 4.41. The second-order valence-corrected chi connectivity index (χ2v) is 6.38. The first kappa shape index (κ1) is 13.0. The lowest BCUT2D eigenvalue weighted by molar-refractivity contribution is 0.117. The zero-order chi connectivity index (χ0) is 13.1. The number of hydrogen-bond acceptors (Lipinski definition) is 2. The number of rotatable bonds is 6. The summed E-state index contributed by atoms with van der Waals surface area (Å²) in [5, 5.41) is 3.43. The molecule has 3 atom stereocenters. The molecule has 2 aliphatic rings. The van der Waals surface area contributed by atoms with Gasteiger partial charge >= 0.3 is 0 Å². The maximum Gasteiger partial charge on any atom is 0.119 e. The van der Waals surface area contributed by atoms with E-state index in [1.54, 1.807) is 0 Å². The molecule has 0 heterocycles. The third kappa shape index (κ3) is 2.64. The van der Waals surface area contributed by atoms with Crippen molar-refractivity contribution in [2.24, 2.45) is 17.3 Å². The first-order valence-corrected chi connectivity index (χ1v) is 7.65. The molecule has 104 valence electrons. The predicted octanol–water partition coefficient (Wildman–Crippen LogP) is 3.48. The number of para-hydroxylation sites is 1. The number of ether oxygens (including phenoxy) is 1. The van der Waals surface area contributed by atoms with Crippen LogP contribution in [0.25, 0.3) is 0 Å². The number of benzene rings is 1. The van der Waals surface area contributed by atoms with Crippen molar-refractivity contribution in [2.75, 3.05) is 20.2 Å². The number of fused-ring (bicyclic) bond motifs is 2. The molecule has 0 radical (unpaired) electrons. The minimum Gasteiger partial charge on any atom is -0.494 e. The van der Waals surface area contributed by atoms with Gasteiger partial charge in [0.2, 0.25) is 0 Å². The average Bonchev–Trinajstić information content (AvgIpc) is 3.01. The van der Waals surface area contributed by atoms with E-state index in [-0.39, 0.29) is 0 Å². The van der Waals surface area contributed by atoms with Crippen LogP contribution < -0.4 is 10.1 Å². The molecule has 2 bridgehead atoms. The summed E-state index contributed by atoms with van der Waals surface area (Å²) in [5.41, 5.74) is 0.506. The summed E-state index contributed by atoms with van der Waals surface area (Å²) in [6.45, 7) is 2.02. The maximum absolute atomic E-state index is 5.92. The summed E-state index contributed by atoms with van der Waals surface area (Å²) >= 11 is 0. The molecule has 2 nitrogen and oxygen atoms in total. The van der Waals surface area contributed by atoms with E-state index in [2.05, 4.69) is 12.4 Å². The summed E-state index contributed by atoms with van der Waals surface area (Å²) in [7, 11) is 2.09. The lowest BCUT2D eigenvalue weighted by atomic mass is 9.71.